The van der Waals surface area contributed by atoms with E-state index in [0.717, 1.165) is 36.2 Å². The molecular weight excluding hydrogens is 389 g/mol. The van der Waals surface area contributed by atoms with E-state index in [1.54, 1.807) is 0 Å². The Morgan fingerprint density at radius 1 is 1.00 bits per heavy atom. The molecule has 0 aromatic carbocycles. The van der Waals surface area contributed by atoms with Crippen LogP contribution in [0.1, 0.15) is 65.7 Å². The van der Waals surface area contributed by atoms with Crippen LogP contribution in [0.15, 0.2) is 0 Å². The number of nitrogens with two attached hydrogens (primary N) is 1. The van der Waals surface area contributed by atoms with Gasteiger partial charge in [0.1, 0.15) is 0 Å². The average molecular weight is 426 g/mol. The fourth-order valence-electron chi connectivity index (χ4n) is 2.23. The van der Waals surface area contributed by atoms with E-state index >= 15 is 0 Å². The van der Waals surface area contributed by atoms with Crippen molar-refractivity contribution in [2.45, 2.75) is 76.2 Å². The fourth-order valence-corrected chi connectivity index (χ4v) is 15.7. The van der Waals surface area contributed by atoms with Gasteiger partial charge in [-0.25, -0.2) is 0 Å². The second-order valence-corrected chi connectivity index (χ2v) is 17.6. The summed E-state index contributed by atoms with van der Waals surface area (Å²) >= 11 is -0.948. The molecule has 1 atom stereocenters. The third-order valence-electron chi connectivity index (χ3n) is 3.56. The van der Waals surface area contributed by atoms with Crippen molar-refractivity contribution in [3.8, 4) is 0 Å². The van der Waals surface area contributed by atoms with Crippen molar-refractivity contribution in [3.63, 3.8) is 0 Å². The Morgan fingerprint density at radius 2 is 1.57 bits per heavy atom. The van der Waals surface area contributed by atoms with Crippen molar-refractivity contribution in [1.82, 2.24) is 0 Å². The van der Waals surface area contributed by atoms with Gasteiger partial charge in [0, 0.05) is 0 Å². The first-order valence-electron chi connectivity index (χ1n) is 8.62. The van der Waals surface area contributed by atoms with Crippen molar-refractivity contribution in [2.24, 2.45) is 5.73 Å². The molecule has 0 aromatic heterocycles. The molecule has 0 heterocycles. The zero-order valence-corrected chi connectivity index (χ0v) is 18.3. The summed E-state index contributed by atoms with van der Waals surface area (Å²) in [5.74, 6) is 0. The van der Waals surface area contributed by atoms with Crippen LogP contribution in [-0.2, 0) is 6.15 Å². The molecule has 0 saturated carbocycles. The first-order chi connectivity index (χ1) is 10.1. The Balaban J connectivity index is 4.41. The second kappa shape index (κ2) is 14.6. The van der Waals surface area contributed by atoms with Crippen LogP contribution in [0.2, 0.25) is 4.44 Å². The van der Waals surface area contributed by atoms with E-state index in [4.69, 9.17) is 11.9 Å². The summed E-state index contributed by atoms with van der Waals surface area (Å²) in [4.78, 5) is 0. The molecule has 3 nitrogen and oxygen atoms in total. The van der Waals surface area contributed by atoms with Gasteiger partial charge in [-0.15, -0.1) is 0 Å². The van der Waals surface area contributed by atoms with Crippen LogP contribution in [0, 0.1) is 0 Å². The van der Waals surface area contributed by atoms with Crippen molar-refractivity contribution in [1.29, 1.82) is 0 Å². The zero-order valence-electron chi connectivity index (χ0n) is 14.7. The summed E-state index contributed by atoms with van der Waals surface area (Å²) < 4.78 is 15.1. The van der Waals surface area contributed by atoms with Gasteiger partial charge in [-0.2, -0.15) is 0 Å². The van der Waals surface area contributed by atoms with Gasteiger partial charge in [-0.3, -0.25) is 0 Å². The van der Waals surface area contributed by atoms with Gasteiger partial charge in [-0.1, -0.05) is 0 Å². The summed E-state index contributed by atoms with van der Waals surface area (Å²) in [6, 6.07) is 0.317. The quantitative estimate of drug-likeness (QED) is 0.310. The SMILES string of the molecule is CCCC[O][Sn]([CH2]CCCC(C)N)([CH2]SC)[O]CCCC. The molecule has 0 radical (unpaired) electrons. The van der Waals surface area contributed by atoms with E-state index < -0.39 is 19.2 Å². The molecule has 0 rings (SSSR count). The normalized spacial score (nSPS) is 13.6. The summed E-state index contributed by atoms with van der Waals surface area (Å²) in [7, 11) is 0. The first-order valence-corrected chi connectivity index (χ1v) is 16.4. The van der Waals surface area contributed by atoms with E-state index in [2.05, 4.69) is 27.0 Å². The molecule has 0 aliphatic carbocycles. The van der Waals surface area contributed by atoms with Crippen LogP contribution in [-0.4, -0.2) is 48.5 Å². The summed E-state index contributed by atoms with van der Waals surface area (Å²) in [5.41, 5.74) is 5.85. The van der Waals surface area contributed by atoms with Crippen LogP contribution in [0.3, 0.4) is 0 Å². The van der Waals surface area contributed by atoms with E-state index in [9.17, 15) is 0 Å². The van der Waals surface area contributed by atoms with Crippen LogP contribution >= 0.6 is 11.8 Å². The molecule has 2 N–H and O–H groups in total. The van der Waals surface area contributed by atoms with Crippen molar-refractivity contribution < 1.29 is 6.15 Å². The van der Waals surface area contributed by atoms with E-state index in [0.29, 0.717) is 6.04 Å². The Kier molecular flexibility index (Phi) is 15.3. The monoisotopic (exact) mass is 427 g/mol. The van der Waals surface area contributed by atoms with Gasteiger partial charge < -0.3 is 0 Å². The number of unbranched alkanes of at least 4 members (excludes halogenated alkanes) is 3. The van der Waals surface area contributed by atoms with Gasteiger partial charge in [0.25, 0.3) is 0 Å². The van der Waals surface area contributed by atoms with Crippen LogP contribution in [0.5, 0.6) is 0 Å². The Labute approximate surface area is 142 Å². The molecule has 0 bridgehead atoms. The molecule has 0 saturated heterocycles. The molecule has 128 valence electrons. The average Bonchev–Trinajstić information content (AvgIpc) is 2.44. The van der Waals surface area contributed by atoms with E-state index in [1.165, 1.54) is 30.1 Å². The molecule has 1 unspecified atom stereocenters. The van der Waals surface area contributed by atoms with Crippen molar-refractivity contribution in [3.05, 3.63) is 0 Å². The van der Waals surface area contributed by atoms with Gasteiger partial charge in [0.15, 0.2) is 0 Å². The van der Waals surface area contributed by atoms with Gasteiger partial charge in [-0.05, 0) is 0 Å². The standard InChI is InChI=1S/C6H14N.2C4H9O.C2H5S.Sn/c1-3-4-5-6(2)7;2*1-2-3-4-5;1-3-2;/h6H,1,3-5,7H2,2H3;2*2-4H2,1H3;1H2,2H3;/q;2*-1;;+2. The predicted molar refractivity (Wildman–Crippen MR) is 98.2 cm³/mol. The van der Waals surface area contributed by atoms with Crippen LogP contribution < -0.4 is 5.73 Å². The molecule has 0 fully saturated rings. The molecule has 0 amide bonds. The predicted octanol–water partition coefficient (Wildman–Crippen LogP) is 4.48. The van der Waals surface area contributed by atoms with Gasteiger partial charge in [0.05, 0.1) is 0 Å². The summed E-state index contributed by atoms with van der Waals surface area (Å²) in [6.45, 7) is 8.32. The fraction of sp³-hybridized carbons (Fsp3) is 1.00. The first kappa shape index (κ1) is 22.0. The molecule has 21 heavy (non-hydrogen) atoms. The van der Waals surface area contributed by atoms with Crippen LogP contribution in [0.25, 0.3) is 0 Å². The molecule has 0 aliphatic rings. The number of thioether (sulfide) groups is 1. The number of rotatable bonds is 15. The molecule has 0 aliphatic heterocycles. The summed E-state index contributed by atoms with van der Waals surface area (Å²) in [6.07, 6.45) is 10.4. The summed E-state index contributed by atoms with van der Waals surface area (Å²) in [5, 5.41) is 0. The van der Waals surface area contributed by atoms with Crippen LogP contribution in [0.4, 0.5) is 0 Å². The Hall–Kier alpha value is 1.03. The molecule has 0 aromatic rings. The topological polar surface area (TPSA) is 44.5 Å². The maximum atomic E-state index is 6.40. The molecule has 0 spiro atoms. The van der Waals surface area contributed by atoms with Crippen molar-refractivity contribution >= 4 is 31.0 Å². The van der Waals surface area contributed by atoms with Gasteiger partial charge in [0.2, 0.25) is 0 Å². The number of hydrogen-bond acceptors (Lipinski definition) is 4. The zero-order chi connectivity index (χ0) is 16.0. The third kappa shape index (κ3) is 12.2. The maximum absolute atomic E-state index is 6.40. The molecular formula is C16H37NO2SSn. The van der Waals surface area contributed by atoms with E-state index in [-0.39, 0.29) is 0 Å². The number of hydrogen-bond donors (Lipinski definition) is 1. The molecule has 5 heteroatoms. The van der Waals surface area contributed by atoms with Gasteiger partial charge >= 0.3 is 142 Å². The Morgan fingerprint density at radius 3 is 2.00 bits per heavy atom. The van der Waals surface area contributed by atoms with E-state index in [1.807, 2.05) is 11.8 Å². The third-order valence-corrected chi connectivity index (χ3v) is 17.9. The van der Waals surface area contributed by atoms with Crippen molar-refractivity contribution in [2.75, 3.05) is 23.2 Å². The Bertz CT molecular complexity index is 220. The second-order valence-electron chi connectivity index (χ2n) is 5.97. The minimum atomic E-state index is -2.86. The minimum absolute atomic E-state index is 0.317.